The fraction of sp³-hybridized carbons (Fsp3) is 0.308. The molecule has 3 rings (SSSR count). The van der Waals surface area contributed by atoms with Crippen molar-refractivity contribution in [2.75, 3.05) is 23.7 Å². The van der Waals surface area contributed by atoms with Gasteiger partial charge in [-0.3, -0.25) is 4.98 Å². The van der Waals surface area contributed by atoms with Crippen LogP contribution in [-0.2, 0) is 0 Å². The first-order valence-electron chi connectivity index (χ1n) is 5.82. The van der Waals surface area contributed by atoms with E-state index >= 15 is 0 Å². The number of benzene rings is 1. The number of nitrogens with zero attached hydrogens (tertiary/aromatic N) is 2. The molecular formula is C13H15N3O. The Balaban J connectivity index is 2.17. The first-order valence-corrected chi connectivity index (χ1v) is 5.82. The van der Waals surface area contributed by atoms with Gasteiger partial charge < -0.3 is 15.7 Å². The van der Waals surface area contributed by atoms with E-state index in [-0.39, 0.29) is 6.10 Å². The van der Waals surface area contributed by atoms with Crippen molar-refractivity contribution in [1.82, 2.24) is 4.98 Å². The van der Waals surface area contributed by atoms with Gasteiger partial charge in [0, 0.05) is 18.5 Å². The lowest BCUT2D eigenvalue weighted by molar-refractivity contribution is 0.198. The van der Waals surface area contributed by atoms with Crippen LogP contribution in [0.3, 0.4) is 0 Å². The summed E-state index contributed by atoms with van der Waals surface area (Å²) in [6, 6.07) is 7.96. The van der Waals surface area contributed by atoms with Crippen molar-refractivity contribution in [2.45, 2.75) is 12.5 Å². The first-order chi connectivity index (χ1) is 8.25. The average molecular weight is 229 g/mol. The lowest BCUT2D eigenvalue weighted by Gasteiger charge is -2.21. The highest BCUT2D eigenvalue weighted by atomic mass is 16.3. The third-order valence-corrected chi connectivity index (χ3v) is 3.25. The third kappa shape index (κ3) is 1.70. The second-order valence-corrected chi connectivity index (χ2v) is 4.47. The molecule has 0 amide bonds. The summed E-state index contributed by atoms with van der Waals surface area (Å²) in [5, 5.41) is 10.7. The maximum absolute atomic E-state index is 9.63. The number of anilines is 2. The van der Waals surface area contributed by atoms with Crippen molar-refractivity contribution in [3.63, 3.8) is 0 Å². The summed E-state index contributed by atoms with van der Waals surface area (Å²) in [5.41, 5.74) is 8.65. The lowest BCUT2D eigenvalue weighted by atomic mass is 10.1. The van der Waals surface area contributed by atoms with Gasteiger partial charge in [-0.2, -0.15) is 0 Å². The standard InChI is InChI=1S/C13H15N3O/c14-11-7-15-12-4-2-1-3-10(12)13(11)16-6-5-9(17)8-16/h1-4,7,9,17H,5-6,8,14H2. The number of hydrogen-bond acceptors (Lipinski definition) is 4. The molecule has 0 spiro atoms. The number of fused-ring (bicyclic) bond motifs is 1. The molecule has 4 heteroatoms. The number of β-amino-alcohol motifs (C(OH)–C–C–N with tert-alkyl or cyclic N) is 1. The zero-order valence-corrected chi connectivity index (χ0v) is 9.50. The maximum atomic E-state index is 9.63. The number of aliphatic hydroxyl groups excluding tert-OH is 1. The van der Waals surface area contributed by atoms with Crippen LogP contribution in [0.5, 0.6) is 0 Å². The SMILES string of the molecule is Nc1cnc2ccccc2c1N1CCC(O)C1. The number of rotatable bonds is 1. The number of nitrogens with two attached hydrogens (primary N) is 1. The van der Waals surface area contributed by atoms with Crippen molar-refractivity contribution in [2.24, 2.45) is 0 Å². The lowest BCUT2D eigenvalue weighted by Crippen LogP contribution is -2.22. The molecule has 1 saturated heterocycles. The van der Waals surface area contributed by atoms with Crippen LogP contribution >= 0.6 is 0 Å². The van der Waals surface area contributed by atoms with Crippen molar-refractivity contribution >= 4 is 22.3 Å². The summed E-state index contributed by atoms with van der Waals surface area (Å²) in [6.07, 6.45) is 2.25. The van der Waals surface area contributed by atoms with Crippen LogP contribution in [-0.4, -0.2) is 29.3 Å². The van der Waals surface area contributed by atoms with E-state index in [1.807, 2.05) is 24.3 Å². The Labute approximate surface area is 99.7 Å². The number of aliphatic hydroxyl groups is 1. The van der Waals surface area contributed by atoms with Crippen LogP contribution in [0.4, 0.5) is 11.4 Å². The second-order valence-electron chi connectivity index (χ2n) is 4.47. The smallest absolute Gasteiger partial charge is 0.0745 e. The first kappa shape index (κ1) is 10.4. The molecule has 88 valence electrons. The van der Waals surface area contributed by atoms with Crippen molar-refractivity contribution in [1.29, 1.82) is 0 Å². The van der Waals surface area contributed by atoms with Gasteiger partial charge in [-0.1, -0.05) is 18.2 Å². The molecule has 0 bridgehead atoms. The van der Waals surface area contributed by atoms with Crippen molar-refractivity contribution in [3.8, 4) is 0 Å². The van der Waals surface area contributed by atoms with E-state index in [2.05, 4.69) is 9.88 Å². The largest absolute Gasteiger partial charge is 0.396 e. The molecule has 0 saturated carbocycles. The molecule has 2 aromatic rings. The highest BCUT2D eigenvalue weighted by Gasteiger charge is 2.23. The molecule has 1 aromatic carbocycles. The molecule has 1 aromatic heterocycles. The molecule has 1 atom stereocenters. The van der Waals surface area contributed by atoms with Crippen molar-refractivity contribution in [3.05, 3.63) is 30.5 Å². The van der Waals surface area contributed by atoms with E-state index in [0.717, 1.165) is 29.6 Å². The van der Waals surface area contributed by atoms with Gasteiger partial charge in [0.1, 0.15) is 0 Å². The fourth-order valence-electron chi connectivity index (χ4n) is 2.44. The van der Waals surface area contributed by atoms with Gasteiger partial charge in [0.25, 0.3) is 0 Å². The highest BCUT2D eigenvalue weighted by molar-refractivity contribution is 5.97. The van der Waals surface area contributed by atoms with Gasteiger partial charge in [0.05, 0.1) is 29.2 Å². The summed E-state index contributed by atoms with van der Waals surface area (Å²) in [4.78, 5) is 6.46. The quantitative estimate of drug-likeness (QED) is 0.775. The summed E-state index contributed by atoms with van der Waals surface area (Å²) in [6.45, 7) is 1.50. The van der Waals surface area contributed by atoms with Gasteiger partial charge in [-0.25, -0.2) is 0 Å². The normalized spacial score (nSPS) is 20.1. The molecule has 2 heterocycles. The number of aromatic nitrogens is 1. The van der Waals surface area contributed by atoms with Crippen LogP contribution in [0.2, 0.25) is 0 Å². The molecule has 1 aliphatic rings. The van der Waals surface area contributed by atoms with Crippen LogP contribution in [0, 0.1) is 0 Å². The van der Waals surface area contributed by atoms with Crippen molar-refractivity contribution < 1.29 is 5.11 Å². The van der Waals surface area contributed by atoms with Crippen LogP contribution in [0.1, 0.15) is 6.42 Å². The number of nitrogen functional groups attached to an aromatic ring is 1. The predicted molar refractivity (Wildman–Crippen MR) is 69.0 cm³/mol. The molecule has 4 nitrogen and oxygen atoms in total. The summed E-state index contributed by atoms with van der Waals surface area (Å²) in [5.74, 6) is 0. The van der Waals surface area contributed by atoms with E-state index in [9.17, 15) is 5.11 Å². The highest BCUT2D eigenvalue weighted by Crippen LogP contribution is 2.33. The van der Waals surface area contributed by atoms with Gasteiger partial charge in [0.2, 0.25) is 0 Å². The molecule has 3 N–H and O–H groups in total. The molecule has 0 aliphatic carbocycles. The number of para-hydroxylation sites is 1. The maximum Gasteiger partial charge on any atom is 0.0745 e. The number of hydrogen-bond donors (Lipinski definition) is 2. The molecule has 1 aliphatic heterocycles. The second kappa shape index (κ2) is 3.89. The van der Waals surface area contributed by atoms with E-state index in [0.29, 0.717) is 12.2 Å². The molecule has 0 radical (unpaired) electrons. The Kier molecular flexibility index (Phi) is 2.37. The Morgan fingerprint density at radius 2 is 2.18 bits per heavy atom. The summed E-state index contributed by atoms with van der Waals surface area (Å²) in [7, 11) is 0. The number of pyridine rings is 1. The Bertz CT molecular complexity index is 555. The average Bonchev–Trinajstić information content (AvgIpc) is 2.75. The molecular weight excluding hydrogens is 214 g/mol. The topological polar surface area (TPSA) is 62.4 Å². The summed E-state index contributed by atoms with van der Waals surface area (Å²) >= 11 is 0. The fourth-order valence-corrected chi connectivity index (χ4v) is 2.44. The summed E-state index contributed by atoms with van der Waals surface area (Å²) < 4.78 is 0. The van der Waals surface area contributed by atoms with Gasteiger partial charge in [-0.15, -0.1) is 0 Å². The minimum absolute atomic E-state index is 0.249. The van der Waals surface area contributed by atoms with E-state index in [1.54, 1.807) is 6.20 Å². The predicted octanol–water partition coefficient (Wildman–Crippen LogP) is 1.39. The minimum atomic E-state index is -0.249. The van der Waals surface area contributed by atoms with E-state index < -0.39 is 0 Å². The zero-order chi connectivity index (χ0) is 11.8. The van der Waals surface area contributed by atoms with Crippen LogP contribution in [0.25, 0.3) is 10.9 Å². The monoisotopic (exact) mass is 229 g/mol. The zero-order valence-electron chi connectivity index (χ0n) is 9.50. The third-order valence-electron chi connectivity index (χ3n) is 3.25. The minimum Gasteiger partial charge on any atom is -0.396 e. The Morgan fingerprint density at radius 3 is 2.94 bits per heavy atom. The molecule has 17 heavy (non-hydrogen) atoms. The molecule has 1 unspecified atom stereocenters. The van der Waals surface area contributed by atoms with Gasteiger partial charge in [-0.05, 0) is 12.5 Å². The van der Waals surface area contributed by atoms with Crippen LogP contribution < -0.4 is 10.6 Å². The molecule has 1 fully saturated rings. The van der Waals surface area contributed by atoms with Gasteiger partial charge >= 0.3 is 0 Å². The Hall–Kier alpha value is -1.81. The Morgan fingerprint density at radius 1 is 1.35 bits per heavy atom. The van der Waals surface area contributed by atoms with Crippen LogP contribution in [0.15, 0.2) is 30.5 Å². The van der Waals surface area contributed by atoms with E-state index in [1.165, 1.54) is 0 Å². The van der Waals surface area contributed by atoms with E-state index in [4.69, 9.17) is 5.73 Å². The van der Waals surface area contributed by atoms with Gasteiger partial charge in [0.15, 0.2) is 0 Å².